The van der Waals surface area contributed by atoms with E-state index in [0.717, 1.165) is 25.7 Å². The molecule has 0 aromatic carbocycles. The van der Waals surface area contributed by atoms with E-state index >= 15 is 0 Å². The lowest BCUT2D eigenvalue weighted by Gasteiger charge is -2.35. The number of carbonyl (C=O) groups excluding carboxylic acids is 2. The van der Waals surface area contributed by atoms with Crippen LogP contribution >= 0.6 is 0 Å². The summed E-state index contributed by atoms with van der Waals surface area (Å²) in [6.45, 7) is 1.33. The highest BCUT2D eigenvalue weighted by atomic mass is 16.2. The average Bonchev–Trinajstić information content (AvgIpc) is 2.35. The summed E-state index contributed by atoms with van der Waals surface area (Å²) in [5.74, 6) is 0.00798. The Morgan fingerprint density at radius 3 is 2.22 bits per heavy atom. The van der Waals surface area contributed by atoms with E-state index in [2.05, 4.69) is 10.6 Å². The van der Waals surface area contributed by atoms with Gasteiger partial charge in [-0.15, -0.1) is 0 Å². The van der Waals surface area contributed by atoms with Gasteiger partial charge in [0.15, 0.2) is 0 Å². The molecule has 0 atom stereocenters. The number of primary amides is 1. The second kappa shape index (κ2) is 7.20. The topological polar surface area (TPSA) is 110 Å². The van der Waals surface area contributed by atoms with Gasteiger partial charge in [-0.1, -0.05) is 19.3 Å². The highest BCUT2D eigenvalue weighted by Gasteiger charge is 2.32. The molecule has 6 heteroatoms. The van der Waals surface area contributed by atoms with E-state index in [1.807, 2.05) is 0 Å². The van der Waals surface area contributed by atoms with Crippen LogP contribution in [0.25, 0.3) is 0 Å². The summed E-state index contributed by atoms with van der Waals surface area (Å²) in [6.07, 6.45) is 6.13. The van der Waals surface area contributed by atoms with Gasteiger partial charge in [-0.05, 0) is 24.8 Å². The molecule has 0 aromatic heterocycles. The Morgan fingerprint density at radius 1 is 1.06 bits per heavy atom. The van der Waals surface area contributed by atoms with Crippen LogP contribution < -0.4 is 22.1 Å². The average molecular weight is 256 g/mol. The van der Waals surface area contributed by atoms with Gasteiger partial charge in [-0.25, -0.2) is 4.79 Å². The van der Waals surface area contributed by atoms with Gasteiger partial charge >= 0.3 is 6.03 Å². The molecule has 1 fully saturated rings. The number of urea groups is 1. The molecular weight excluding hydrogens is 232 g/mol. The molecule has 0 bridgehead atoms. The van der Waals surface area contributed by atoms with E-state index in [1.165, 1.54) is 6.42 Å². The minimum absolute atomic E-state index is 0.00798. The number of nitrogens with two attached hydrogens (primary N) is 2. The Bertz CT molecular complexity index is 288. The van der Waals surface area contributed by atoms with Crippen molar-refractivity contribution in [3.63, 3.8) is 0 Å². The summed E-state index contributed by atoms with van der Waals surface area (Å²) in [5, 5.41) is 5.21. The van der Waals surface area contributed by atoms with Crippen LogP contribution in [0.4, 0.5) is 4.79 Å². The lowest BCUT2D eigenvalue weighted by atomic mass is 9.71. The number of hydrogen-bond donors (Lipinski definition) is 4. The van der Waals surface area contributed by atoms with Crippen LogP contribution in [0.2, 0.25) is 0 Å². The maximum Gasteiger partial charge on any atom is 0.312 e. The molecule has 3 amide bonds. The smallest absolute Gasteiger partial charge is 0.312 e. The highest BCUT2D eigenvalue weighted by Crippen LogP contribution is 2.38. The van der Waals surface area contributed by atoms with Gasteiger partial charge in [0.1, 0.15) is 0 Å². The molecule has 0 heterocycles. The number of rotatable bonds is 6. The maximum atomic E-state index is 11.8. The fourth-order valence-corrected chi connectivity index (χ4v) is 2.55. The molecular formula is C12H24N4O2. The van der Waals surface area contributed by atoms with Gasteiger partial charge in [-0.2, -0.15) is 0 Å². The number of nitrogens with one attached hydrogen (secondary N) is 2. The summed E-state index contributed by atoms with van der Waals surface area (Å²) in [7, 11) is 0. The zero-order valence-electron chi connectivity index (χ0n) is 10.8. The first-order valence-electron chi connectivity index (χ1n) is 6.58. The normalized spacial score (nSPS) is 18.1. The first kappa shape index (κ1) is 14.8. The Kier molecular flexibility index (Phi) is 5.91. The third-order valence-corrected chi connectivity index (χ3v) is 3.63. The minimum Gasteiger partial charge on any atom is -0.354 e. The van der Waals surface area contributed by atoms with Gasteiger partial charge < -0.3 is 22.1 Å². The van der Waals surface area contributed by atoms with Crippen LogP contribution in [-0.4, -0.2) is 31.6 Å². The van der Waals surface area contributed by atoms with Crippen molar-refractivity contribution in [1.82, 2.24) is 10.6 Å². The Labute approximate surface area is 108 Å². The van der Waals surface area contributed by atoms with Crippen LogP contribution in [0, 0.1) is 5.41 Å². The van der Waals surface area contributed by atoms with Crippen LogP contribution in [0.5, 0.6) is 0 Å². The molecule has 0 radical (unpaired) electrons. The minimum atomic E-state index is -0.574. The van der Waals surface area contributed by atoms with E-state index in [-0.39, 0.29) is 11.3 Å². The summed E-state index contributed by atoms with van der Waals surface area (Å²) in [4.78, 5) is 22.2. The van der Waals surface area contributed by atoms with E-state index < -0.39 is 6.03 Å². The molecule has 1 rings (SSSR count). The van der Waals surface area contributed by atoms with E-state index in [9.17, 15) is 9.59 Å². The van der Waals surface area contributed by atoms with Crippen molar-refractivity contribution in [1.29, 1.82) is 0 Å². The standard InChI is InChI=1S/C12H24N4O2/c13-9-12(4-2-1-3-5-12)8-10(17)15-6-7-16-11(14)18/h1-9,13H2,(H,15,17)(H3,14,16,18). The van der Waals surface area contributed by atoms with Crippen molar-refractivity contribution in [2.75, 3.05) is 19.6 Å². The fourth-order valence-electron chi connectivity index (χ4n) is 2.55. The summed E-state index contributed by atoms with van der Waals surface area (Å²) in [6, 6.07) is -0.574. The zero-order valence-corrected chi connectivity index (χ0v) is 10.8. The third-order valence-electron chi connectivity index (χ3n) is 3.63. The van der Waals surface area contributed by atoms with Gasteiger partial charge in [0.05, 0.1) is 0 Å². The van der Waals surface area contributed by atoms with Crippen molar-refractivity contribution < 1.29 is 9.59 Å². The summed E-state index contributed by atoms with van der Waals surface area (Å²) in [5.41, 5.74) is 10.7. The second-order valence-corrected chi connectivity index (χ2v) is 5.08. The molecule has 0 aromatic rings. The highest BCUT2D eigenvalue weighted by molar-refractivity contribution is 5.77. The molecule has 1 saturated carbocycles. The molecule has 104 valence electrons. The SMILES string of the molecule is NCC1(CC(=O)NCCNC(N)=O)CCCCC1. The molecule has 0 saturated heterocycles. The Morgan fingerprint density at radius 2 is 1.67 bits per heavy atom. The largest absolute Gasteiger partial charge is 0.354 e. The molecule has 6 N–H and O–H groups in total. The predicted octanol–water partition coefficient (Wildman–Crippen LogP) is 0.0702. The van der Waals surface area contributed by atoms with E-state index in [1.54, 1.807) is 0 Å². The molecule has 6 nitrogen and oxygen atoms in total. The van der Waals surface area contributed by atoms with Crippen LogP contribution in [-0.2, 0) is 4.79 Å². The molecule has 1 aliphatic carbocycles. The van der Waals surface area contributed by atoms with Crippen molar-refractivity contribution in [2.45, 2.75) is 38.5 Å². The first-order valence-corrected chi connectivity index (χ1v) is 6.58. The van der Waals surface area contributed by atoms with Crippen LogP contribution in [0.3, 0.4) is 0 Å². The van der Waals surface area contributed by atoms with Crippen molar-refractivity contribution in [2.24, 2.45) is 16.9 Å². The van der Waals surface area contributed by atoms with Crippen LogP contribution in [0.1, 0.15) is 38.5 Å². The summed E-state index contributed by atoms with van der Waals surface area (Å²) >= 11 is 0. The number of hydrogen-bond acceptors (Lipinski definition) is 3. The van der Waals surface area contributed by atoms with Crippen LogP contribution in [0.15, 0.2) is 0 Å². The maximum absolute atomic E-state index is 11.8. The predicted molar refractivity (Wildman–Crippen MR) is 69.8 cm³/mol. The van der Waals surface area contributed by atoms with Gasteiger partial charge in [-0.3, -0.25) is 4.79 Å². The monoisotopic (exact) mass is 256 g/mol. The van der Waals surface area contributed by atoms with E-state index in [4.69, 9.17) is 11.5 Å². The lowest BCUT2D eigenvalue weighted by molar-refractivity contribution is -0.123. The zero-order chi connectivity index (χ0) is 13.4. The van der Waals surface area contributed by atoms with Crippen molar-refractivity contribution in [3.8, 4) is 0 Å². The molecule has 1 aliphatic rings. The Hall–Kier alpha value is -1.30. The van der Waals surface area contributed by atoms with Gasteiger partial charge in [0, 0.05) is 19.5 Å². The molecule has 0 spiro atoms. The number of carbonyl (C=O) groups is 2. The van der Waals surface area contributed by atoms with Gasteiger partial charge in [0.2, 0.25) is 5.91 Å². The van der Waals surface area contributed by atoms with Crippen molar-refractivity contribution in [3.05, 3.63) is 0 Å². The lowest BCUT2D eigenvalue weighted by Crippen LogP contribution is -2.41. The molecule has 18 heavy (non-hydrogen) atoms. The van der Waals surface area contributed by atoms with E-state index in [0.29, 0.717) is 26.1 Å². The summed E-state index contributed by atoms with van der Waals surface area (Å²) < 4.78 is 0. The van der Waals surface area contributed by atoms with Gasteiger partial charge in [0.25, 0.3) is 0 Å². The van der Waals surface area contributed by atoms with Crippen molar-refractivity contribution >= 4 is 11.9 Å². The fraction of sp³-hybridized carbons (Fsp3) is 0.833. The Balaban J connectivity index is 2.26. The number of amides is 3. The third kappa shape index (κ3) is 4.91. The molecule has 0 aliphatic heterocycles. The second-order valence-electron chi connectivity index (χ2n) is 5.08. The molecule has 0 unspecified atom stereocenters. The quantitative estimate of drug-likeness (QED) is 0.505. The first-order chi connectivity index (χ1) is 8.58.